The molecule has 0 heterocycles. The summed E-state index contributed by atoms with van der Waals surface area (Å²) in [7, 11) is 0. The lowest BCUT2D eigenvalue weighted by molar-refractivity contribution is -0.118. The van der Waals surface area contributed by atoms with Crippen LogP contribution in [0.25, 0.3) is 0 Å². The molecular formula is C27H29N3O3. The Balaban J connectivity index is 1.73. The molecule has 0 saturated heterocycles. The van der Waals surface area contributed by atoms with Gasteiger partial charge in [-0.15, -0.1) is 0 Å². The molecule has 3 aromatic rings. The lowest BCUT2D eigenvalue weighted by atomic mass is 10.0. The zero-order valence-corrected chi connectivity index (χ0v) is 19.3. The highest BCUT2D eigenvalue weighted by molar-refractivity contribution is 6.06. The summed E-state index contributed by atoms with van der Waals surface area (Å²) in [5, 5.41) is 8.64. The van der Waals surface area contributed by atoms with Crippen LogP contribution in [0.1, 0.15) is 45.7 Å². The molecular weight excluding hydrogens is 414 g/mol. The van der Waals surface area contributed by atoms with Gasteiger partial charge >= 0.3 is 0 Å². The highest BCUT2D eigenvalue weighted by Crippen LogP contribution is 2.24. The number of hydrogen-bond donors (Lipinski definition) is 3. The first-order valence-electron chi connectivity index (χ1n) is 10.9. The molecule has 0 aromatic heterocycles. The average Bonchev–Trinajstić information content (AvgIpc) is 2.80. The van der Waals surface area contributed by atoms with Crippen molar-refractivity contribution in [2.75, 3.05) is 10.6 Å². The predicted molar refractivity (Wildman–Crippen MR) is 131 cm³/mol. The van der Waals surface area contributed by atoms with Crippen molar-refractivity contribution < 1.29 is 14.4 Å². The molecule has 3 amide bonds. The van der Waals surface area contributed by atoms with Gasteiger partial charge in [-0.3, -0.25) is 14.4 Å². The molecule has 3 aromatic carbocycles. The Labute approximate surface area is 194 Å². The van der Waals surface area contributed by atoms with Gasteiger partial charge in [-0.05, 0) is 61.7 Å². The Morgan fingerprint density at radius 2 is 1.24 bits per heavy atom. The van der Waals surface area contributed by atoms with Crippen LogP contribution in [0.15, 0.2) is 72.8 Å². The van der Waals surface area contributed by atoms with Crippen LogP contribution in [0.5, 0.6) is 0 Å². The molecule has 0 aliphatic rings. The molecule has 0 aliphatic carbocycles. The summed E-state index contributed by atoms with van der Waals surface area (Å²) >= 11 is 0. The standard InChI is InChI=1S/C27H29N3O3/c1-17(2)24(30-26(32)21-15-13-18(3)14-16-21)27(33)29-23-12-8-11-22(19(23)4)28-25(31)20-9-6-5-7-10-20/h5-17,24H,1-4H3,(H,28,31)(H,29,33)(H,30,32). The van der Waals surface area contributed by atoms with E-state index in [-0.39, 0.29) is 23.6 Å². The third kappa shape index (κ3) is 6.07. The topological polar surface area (TPSA) is 87.3 Å². The monoisotopic (exact) mass is 443 g/mol. The number of rotatable bonds is 7. The van der Waals surface area contributed by atoms with E-state index in [2.05, 4.69) is 16.0 Å². The van der Waals surface area contributed by atoms with Crippen LogP contribution in [0.2, 0.25) is 0 Å². The van der Waals surface area contributed by atoms with Gasteiger partial charge in [0.1, 0.15) is 6.04 Å². The first kappa shape index (κ1) is 23.7. The minimum Gasteiger partial charge on any atom is -0.340 e. The summed E-state index contributed by atoms with van der Waals surface area (Å²) < 4.78 is 0. The number of anilines is 2. The number of aryl methyl sites for hydroxylation is 1. The van der Waals surface area contributed by atoms with Gasteiger partial charge in [-0.1, -0.05) is 55.8 Å². The van der Waals surface area contributed by atoms with E-state index in [1.54, 1.807) is 54.6 Å². The minimum absolute atomic E-state index is 0.124. The fourth-order valence-electron chi connectivity index (χ4n) is 3.37. The van der Waals surface area contributed by atoms with Gasteiger partial charge in [-0.2, -0.15) is 0 Å². The van der Waals surface area contributed by atoms with Gasteiger partial charge in [-0.25, -0.2) is 0 Å². The molecule has 0 bridgehead atoms. The second-order valence-corrected chi connectivity index (χ2v) is 8.35. The molecule has 3 N–H and O–H groups in total. The Hall–Kier alpha value is -3.93. The van der Waals surface area contributed by atoms with Crippen LogP contribution in [-0.4, -0.2) is 23.8 Å². The lowest BCUT2D eigenvalue weighted by Crippen LogP contribution is -2.47. The maximum Gasteiger partial charge on any atom is 0.255 e. The molecule has 3 rings (SSSR count). The number of nitrogens with one attached hydrogen (secondary N) is 3. The van der Waals surface area contributed by atoms with Crippen LogP contribution in [0, 0.1) is 19.8 Å². The van der Waals surface area contributed by atoms with E-state index in [1.165, 1.54) is 0 Å². The Kier molecular flexibility index (Phi) is 7.61. The molecule has 0 fully saturated rings. The van der Waals surface area contributed by atoms with Crippen molar-refractivity contribution in [1.29, 1.82) is 0 Å². The summed E-state index contributed by atoms with van der Waals surface area (Å²) in [6.07, 6.45) is 0. The van der Waals surface area contributed by atoms with Gasteiger partial charge in [0.2, 0.25) is 5.91 Å². The largest absolute Gasteiger partial charge is 0.340 e. The highest BCUT2D eigenvalue weighted by Gasteiger charge is 2.25. The fourth-order valence-corrected chi connectivity index (χ4v) is 3.37. The second kappa shape index (κ2) is 10.6. The molecule has 1 atom stereocenters. The molecule has 6 nitrogen and oxygen atoms in total. The maximum absolute atomic E-state index is 13.1. The van der Waals surface area contributed by atoms with E-state index in [0.29, 0.717) is 22.5 Å². The van der Waals surface area contributed by atoms with Crippen molar-refractivity contribution in [1.82, 2.24) is 5.32 Å². The summed E-state index contributed by atoms with van der Waals surface area (Å²) in [4.78, 5) is 38.3. The second-order valence-electron chi connectivity index (χ2n) is 8.35. The summed E-state index contributed by atoms with van der Waals surface area (Å²) in [5.74, 6) is -0.974. The zero-order chi connectivity index (χ0) is 24.0. The molecule has 170 valence electrons. The highest BCUT2D eigenvalue weighted by atomic mass is 16.2. The smallest absolute Gasteiger partial charge is 0.255 e. The van der Waals surface area contributed by atoms with Crippen molar-refractivity contribution in [3.8, 4) is 0 Å². The Morgan fingerprint density at radius 3 is 1.85 bits per heavy atom. The number of amides is 3. The van der Waals surface area contributed by atoms with Gasteiger partial charge in [0.05, 0.1) is 0 Å². The number of carbonyl (C=O) groups is 3. The van der Waals surface area contributed by atoms with Crippen molar-refractivity contribution >= 4 is 29.1 Å². The molecule has 1 unspecified atom stereocenters. The van der Waals surface area contributed by atoms with Crippen LogP contribution in [-0.2, 0) is 4.79 Å². The van der Waals surface area contributed by atoms with E-state index in [4.69, 9.17) is 0 Å². The van der Waals surface area contributed by atoms with Crippen LogP contribution < -0.4 is 16.0 Å². The van der Waals surface area contributed by atoms with Gasteiger partial charge in [0, 0.05) is 22.5 Å². The van der Waals surface area contributed by atoms with Crippen molar-refractivity contribution in [2.45, 2.75) is 33.7 Å². The number of carbonyl (C=O) groups excluding carboxylic acids is 3. The van der Waals surface area contributed by atoms with Gasteiger partial charge in [0.25, 0.3) is 11.8 Å². The molecule has 0 radical (unpaired) electrons. The first-order chi connectivity index (χ1) is 15.8. The normalized spacial score (nSPS) is 11.5. The summed E-state index contributed by atoms with van der Waals surface area (Å²) in [6, 6.07) is 20.7. The third-order valence-electron chi connectivity index (χ3n) is 5.43. The van der Waals surface area contributed by atoms with Crippen molar-refractivity contribution in [3.63, 3.8) is 0 Å². The Morgan fingerprint density at radius 1 is 0.667 bits per heavy atom. The molecule has 0 spiro atoms. The quantitative estimate of drug-likeness (QED) is 0.483. The zero-order valence-electron chi connectivity index (χ0n) is 19.3. The van der Waals surface area contributed by atoms with Gasteiger partial charge in [0.15, 0.2) is 0 Å². The lowest BCUT2D eigenvalue weighted by Gasteiger charge is -2.23. The molecule has 33 heavy (non-hydrogen) atoms. The summed E-state index contributed by atoms with van der Waals surface area (Å²) in [6.45, 7) is 7.53. The van der Waals surface area contributed by atoms with E-state index < -0.39 is 6.04 Å². The van der Waals surface area contributed by atoms with E-state index in [0.717, 1.165) is 11.1 Å². The fraction of sp³-hybridized carbons (Fsp3) is 0.222. The SMILES string of the molecule is Cc1ccc(C(=O)NC(C(=O)Nc2cccc(NC(=O)c3ccccc3)c2C)C(C)C)cc1. The van der Waals surface area contributed by atoms with Gasteiger partial charge < -0.3 is 16.0 Å². The maximum atomic E-state index is 13.1. The van der Waals surface area contributed by atoms with Crippen LogP contribution in [0.3, 0.4) is 0 Å². The van der Waals surface area contributed by atoms with Crippen LogP contribution >= 0.6 is 0 Å². The van der Waals surface area contributed by atoms with Crippen molar-refractivity contribution in [3.05, 3.63) is 95.1 Å². The number of benzene rings is 3. The van der Waals surface area contributed by atoms with Crippen molar-refractivity contribution in [2.24, 2.45) is 5.92 Å². The molecule has 6 heteroatoms. The molecule has 0 saturated carbocycles. The third-order valence-corrected chi connectivity index (χ3v) is 5.43. The van der Waals surface area contributed by atoms with E-state index in [9.17, 15) is 14.4 Å². The number of hydrogen-bond acceptors (Lipinski definition) is 3. The van der Waals surface area contributed by atoms with E-state index >= 15 is 0 Å². The van der Waals surface area contributed by atoms with Crippen LogP contribution in [0.4, 0.5) is 11.4 Å². The first-order valence-corrected chi connectivity index (χ1v) is 10.9. The summed E-state index contributed by atoms with van der Waals surface area (Å²) in [5.41, 5.74) is 4.00. The Bertz CT molecular complexity index is 1140. The van der Waals surface area contributed by atoms with E-state index in [1.807, 2.05) is 45.9 Å². The predicted octanol–water partition coefficient (Wildman–Crippen LogP) is 4.95. The molecule has 0 aliphatic heterocycles. The average molecular weight is 444 g/mol. The minimum atomic E-state index is -0.722.